The summed E-state index contributed by atoms with van der Waals surface area (Å²) < 4.78 is 5.75. The summed E-state index contributed by atoms with van der Waals surface area (Å²) in [6, 6.07) is 0.718. The molecule has 1 aliphatic rings. The van der Waals surface area contributed by atoms with E-state index < -0.39 is 0 Å². The molecule has 0 spiro atoms. The molecule has 2 atom stereocenters. The maximum atomic E-state index is 5.75. The Kier molecular flexibility index (Phi) is 7.87. The molecule has 0 amide bonds. The fraction of sp³-hybridized carbons (Fsp3) is 1.00. The van der Waals surface area contributed by atoms with Crippen molar-refractivity contribution in [2.75, 3.05) is 13.2 Å². The molecule has 96 valence electrons. The van der Waals surface area contributed by atoms with Crippen molar-refractivity contribution in [1.29, 1.82) is 0 Å². The van der Waals surface area contributed by atoms with Gasteiger partial charge in [0.1, 0.15) is 0 Å². The van der Waals surface area contributed by atoms with Crippen LogP contribution in [0.15, 0.2) is 0 Å². The quantitative estimate of drug-likeness (QED) is 0.685. The molecular weight excluding hydrogens is 198 g/mol. The van der Waals surface area contributed by atoms with Gasteiger partial charge >= 0.3 is 0 Å². The summed E-state index contributed by atoms with van der Waals surface area (Å²) >= 11 is 0. The Bertz CT molecular complexity index is 155. The van der Waals surface area contributed by atoms with Gasteiger partial charge in [0.2, 0.25) is 0 Å². The fourth-order valence-electron chi connectivity index (χ4n) is 2.41. The first-order chi connectivity index (χ1) is 7.86. The lowest BCUT2D eigenvalue weighted by Gasteiger charge is -2.26. The first kappa shape index (κ1) is 14.0. The smallest absolute Gasteiger partial charge is 0.0699 e. The first-order valence-corrected chi connectivity index (χ1v) is 7.21. The Balaban J connectivity index is 2.14. The Hall–Kier alpha value is -0.0800. The second kappa shape index (κ2) is 9.00. The normalized spacial score (nSPS) is 23.2. The highest BCUT2D eigenvalue weighted by atomic mass is 16.5. The lowest BCUT2D eigenvalue weighted by atomic mass is 10.0. The van der Waals surface area contributed by atoms with E-state index in [4.69, 9.17) is 4.74 Å². The van der Waals surface area contributed by atoms with E-state index in [1.54, 1.807) is 0 Å². The van der Waals surface area contributed by atoms with Crippen molar-refractivity contribution in [2.45, 2.75) is 77.4 Å². The largest absolute Gasteiger partial charge is 0.377 e. The van der Waals surface area contributed by atoms with Crippen LogP contribution in [0, 0.1) is 0 Å². The van der Waals surface area contributed by atoms with Crippen LogP contribution in [-0.2, 0) is 4.74 Å². The van der Waals surface area contributed by atoms with E-state index in [-0.39, 0.29) is 0 Å². The van der Waals surface area contributed by atoms with Gasteiger partial charge in [0.15, 0.2) is 0 Å². The zero-order chi connectivity index (χ0) is 11.6. The van der Waals surface area contributed by atoms with E-state index >= 15 is 0 Å². The number of nitrogens with one attached hydrogen (secondary N) is 1. The number of rotatable bonds is 8. The summed E-state index contributed by atoms with van der Waals surface area (Å²) in [4.78, 5) is 0. The summed E-state index contributed by atoms with van der Waals surface area (Å²) in [5.74, 6) is 0. The highest BCUT2D eigenvalue weighted by Crippen LogP contribution is 2.13. The maximum Gasteiger partial charge on any atom is 0.0699 e. The van der Waals surface area contributed by atoms with Gasteiger partial charge in [0.25, 0.3) is 0 Å². The molecule has 1 saturated heterocycles. The van der Waals surface area contributed by atoms with Crippen molar-refractivity contribution in [3.8, 4) is 0 Å². The summed E-state index contributed by atoms with van der Waals surface area (Å²) in [5.41, 5.74) is 0. The van der Waals surface area contributed by atoms with Gasteiger partial charge in [-0.2, -0.15) is 0 Å². The van der Waals surface area contributed by atoms with Crippen molar-refractivity contribution in [1.82, 2.24) is 5.32 Å². The summed E-state index contributed by atoms with van der Waals surface area (Å²) in [5, 5.41) is 3.70. The predicted molar refractivity (Wildman–Crippen MR) is 69.8 cm³/mol. The minimum atomic E-state index is 0.481. The zero-order valence-electron chi connectivity index (χ0n) is 11.1. The molecule has 0 aromatic carbocycles. The molecule has 1 N–H and O–H groups in total. The van der Waals surface area contributed by atoms with Gasteiger partial charge in [0, 0.05) is 19.2 Å². The van der Waals surface area contributed by atoms with Crippen LogP contribution in [-0.4, -0.2) is 25.3 Å². The molecule has 1 heterocycles. The van der Waals surface area contributed by atoms with Crippen LogP contribution in [0.25, 0.3) is 0 Å². The molecule has 1 fully saturated rings. The van der Waals surface area contributed by atoms with E-state index in [0.29, 0.717) is 6.10 Å². The molecule has 0 saturated carbocycles. The minimum Gasteiger partial charge on any atom is -0.377 e. The van der Waals surface area contributed by atoms with Gasteiger partial charge < -0.3 is 10.1 Å². The molecule has 1 aliphatic heterocycles. The van der Waals surface area contributed by atoms with Crippen LogP contribution in [0.3, 0.4) is 0 Å². The van der Waals surface area contributed by atoms with Gasteiger partial charge in [0.05, 0.1) is 6.10 Å². The third-order valence-corrected chi connectivity index (χ3v) is 3.45. The van der Waals surface area contributed by atoms with Gasteiger partial charge in [-0.25, -0.2) is 0 Å². The maximum absolute atomic E-state index is 5.75. The average Bonchev–Trinajstić information content (AvgIpc) is 2.34. The Morgan fingerprint density at radius 1 is 1.19 bits per heavy atom. The molecule has 2 unspecified atom stereocenters. The molecule has 0 aromatic heterocycles. The van der Waals surface area contributed by atoms with Crippen LogP contribution in [0.5, 0.6) is 0 Å². The fourth-order valence-corrected chi connectivity index (χ4v) is 2.41. The van der Waals surface area contributed by atoms with Gasteiger partial charge in [-0.3, -0.25) is 0 Å². The van der Waals surface area contributed by atoms with E-state index in [1.807, 2.05) is 0 Å². The molecule has 2 nitrogen and oxygen atoms in total. The van der Waals surface area contributed by atoms with Crippen LogP contribution in [0.1, 0.15) is 65.2 Å². The molecular formula is C14H29NO. The molecule has 2 heteroatoms. The number of ether oxygens (including phenoxy) is 1. The molecule has 0 aromatic rings. The first-order valence-electron chi connectivity index (χ1n) is 7.21. The Morgan fingerprint density at radius 3 is 2.69 bits per heavy atom. The van der Waals surface area contributed by atoms with E-state index in [0.717, 1.165) is 19.2 Å². The number of hydrogen-bond acceptors (Lipinski definition) is 2. The van der Waals surface area contributed by atoms with E-state index in [9.17, 15) is 0 Å². The summed E-state index contributed by atoms with van der Waals surface area (Å²) in [6.07, 6.45) is 10.9. The SMILES string of the molecule is CCCCC(CCC)NCC1CCCCO1. The molecule has 0 bridgehead atoms. The monoisotopic (exact) mass is 227 g/mol. The van der Waals surface area contributed by atoms with Crippen LogP contribution in [0.4, 0.5) is 0 Å². The lowest BCUT2D eigenvalue weighted by molar-refractivity contribution is 0.0150. The molecule has 0 aliphatic carbocycles. The van der Waals surface area contributed by atoms with Gasteiger partial charge in [-0.05, 0) is 32.1 Å². The van der Waals surface area contributed by atoms with Crippen molar-refractivity contribution in [3.05, 3.63) is 0 Å². The topological polar surface area (TPSA) is 21.3 Å². The Morgan fingerprint density at radius 2 is 2.06 bits per heavy atom. The minimum absolute atomic E-state index is 0.481. The zero-order valence-corrected chi connectivity index (χ0v) is 11.1. The number of hydrogen-bond donors (Lipinski definition) is 1. The lowest BCUT2D eigenvalue weighted by Crippen LogP contribution is -2.38. The summed E-state index contributed by atoms with van der Waals surface area (Å²) in [6.45, 7) is 6.58. The molecule has 16 heavy (non-hydrogen) atoms. The van der Waals surface area contributed by atoms with Crippen molar-refractivity contribution >= 4 is 0 Å². The molecule has 0 radical (unpaired) electrons. The average molecular weight is 227 g/mol. The second-order valence-corrected chi connectivity index (χ2v) is 5.02. The third-order valence-electron chi connectivity index (χ3n) is 3.45. The summed E-state index contributed by atoms with van der Waals surface area (Å²) in [7, 11) is 0. The van der Waals surface area contributed by atoms with E-state index in [1.165, 1.54) is 51.4 Å². The number of unbranched alkanes of at least 4 members (excludes halogenated alkanes) is 1. The standard InChI is InChI=1S/C14H29NO/c1-3-5-9-13(8-4-2)15-12-14-10-6-7-11-16-14/h13-15H,3-12H2,1-2H3. The Labute approximate surface area is 101 Å². The highest BCUT2D eigenvalue weighted by molar-refractivity contribution is 4.72. The van der Waals surface area contributed by atoms with Crippen molar-refractivity contribution < 1.29 is 4.74 Å². The molecule has 1 rings (SSSR count). The highest BCUT2D eigenvalue weighted by Gasteiger charge is 2.15. The predicted octanol–water partition coefficient (Wildman–Crippen LogP) is 3.50. The van der Waals surface area contributed by atoms with E-state index in [2.05, 4.69) is 19.2 Å². The second-order valence-electron chi connectivity index (χ2n) is 5.02. The van der Waals surface area contributed by atoms with Crippen LogP contribution in [0.2, 0.25) is 0 Å². The van der Waals surface area contributed by atoms with Crippen molar-refractivity contribution in [3.63, 3.8) is 0 Å². The van der Waals surface area contributed by atoms with Gasteiger partial charge in [-0.15, -0.1) is 0 Å². The van der Waals surface area contributed by atoms with Crippen molar-refractivity contribution in [2.24, 2.45) is 0 Å². The third kappa shape index (κ3) is 5.86. The van der Waals surface area contributed by atoms with Crippen LogP contribution < -0.4 is 5.32 Å². The van der Waals surface area contributed by atoms with Crippen LogP contribution >= 0.6 is 0 Å². The van der Waals surface area contributed by atoms with Gasteiger partial charge in [-0.1, -0.05) is 33.1 Å².